The van der Waals surface area contributed by atoms with Gasteiger partial charge in [-0.25, -0.2) is 9.59 Å². The average molecular weight is 353 g/mol. The second-order valence-corrected chi connectivity index (χ2v) is 4.46. The molecule has 0 aliphatic heterocycles. The highest BCUT2D eigenvalue weighted by molar-refractivity contribution is 5.79. The normalized spacial score (nSPS) is 11.9. The first kappa shape index (κ1) is 22.5. The molecule has 10 heteroatoms. The Morgan fingerprint density at radius 3 is 1.88 bits per heavy atom. The van der Waals surface area contributed by atoms with Gasteiger partial charge in [0.2, 0.25) is 0 Å². The maximum Gasteiger partial charge on any atom is 0.408 e. The topological polar surface area (TPSA) is 122 Å². The van der Waals surface area contributed by atoms with Gasteiger partial charge in [-0.2, -0.15) is 0 Å². The molecule has 0 aliphatic carbocycles. The second kappa shape index (κ2) is 16.4. The molecular formula is C14H27NO9. The van der Waals surface area contributed by atoms with E-state index < -0.39 is 18.1 Å². The summed E-state index contributed by atoms with van der Waals surface area (Å²) in [5, 5.41) is 11.2. The van der Waals surface area contributed by atoms with Crippen LogP contribution in [-0.2, 0) is 33.2 Å². The van der Waals surface area contributed by atoms with Crippen LogP contribution >= 0.6 is 0 Å². The van der Waals surface area contributed by atoms with Crippen LogP contribution in [0.3, 0.4) is 0 Å². The van der Waals surface area contributed by atoms with E-state index in [1.165, 1.54) is 0 Å². The van der Waals surface area contributed by atoms with Crippen LogP contribution in [0.25, 0.3) is 0 Å². The van der Waals surface area contributed by atoms with E-state index in [0.29, 0.717) is 33.0 Å². The Morgan fingerprint density at radius 1 is 0.833 bits per heavy atom. The summed E-state index contributed by atoms with van der Waals surface area (Å²) < 4.78 is 29.8. The minimum absolute atomic E-state index is 0.0100. The number of hydrogen-bond donors (Lipinski definition) is 2. The quantitative estimate of drug-likeness (QED) is 0.354. The number of carboxylic acid groups (broad SMARTS) is 1. The Bertz CT molecular complexity index is 327. The lowest BCUT2D eigenvalue weighted by atomic mass is 10.3. The zero-order valence-electron chi connectivity index (χ0n) is 14.2. The highest BCUT2D eigenvalue weighted by atomic mass is 16.6. The van der Waals surface area contributed by atoms with Gasteiger partial charge in [0.1, 0.15) is 6.61 Å². The molecule has 0 aromatic carbocycles. The maximum atomic E-state index is 11.5. The van der Waals surface area contributed by atoms with Crippen LogP contribution in [0.4, 0.5) is 4.79 Å². The number of nitrogens with one attached hydrogen (secondary N) is 1. The van der Waals surface area contributed by atoms with Gasteiger partial charge in [0, 0.05) is 14.2 Å². The smallest absolute Gasteiger partial charge is 0.408 e. The van der Waals surface area contributed by atoms with Gasteiger partial charge in [-0.3, -0.25) is 0 Å². The predicted molar refractivity (Wildman–Crippen MR) is 82.1 cm³/mol. The Labute approximate surface area is 141 Å². The van der Waals surface area contributed by atoms with Gasteiger partial charge in [0.15, 0.2) is 6.04 Å². The predicted octanol–water partition coefficient (Wildman–Crippen LogP) is -0.492. The van der Waals surface area contributed by atoms with Gasteiger partial charge >= 0.3 is 12.1 Å². The molecule has 0 bridgehead atoms. The first-order chi connectivity index (χ1) is 11.6. The molecule has 0 spiro atoms. The summed E-state index contributed by atoms with van der Waals surface area (Å²) in [5.41, 5.74) is 0. The van der Waals surface area contributed by atoms with Gasteiger partial charge in [-0.15, -0.1) is 0 Å². The first-order valence-electron chi connectivity index (χ1n) is 7.49. The molecule has 0 aromatic rings. The number of carboxylic acids is 1. The molecule has 0 saturated heterocycles. The minimum Gasteiger partial charge on any atom is -0.480 e. The second-order valence-electron chi connectivity index (χ2n) is 4.46. The number of carbonyl (C=O) groups is 2. The van der Waals surface area contributed by atoms with Crippen LogP contribution in [0.1, 0.15) is 0 Å². The Kier molecular flexibility index (Phi) is 15.4. The Balaban J connectivity index is 3.74. The molecule has 10 nitrogen and oxygen atoms in total. The molecule has 142 valence electrons. The van der Waals surface area contributed by atoms with Crippen molar-refractivity contribution in [3.63, 3.8) is 0 Å². The summed E-state index contributed by atoms with van der Waals surface area (Å²) >= 11 is 0. The van der Waals surface area contributed by atoms with Crippen molar-refractivity contribution in [3.05, 3.63) is 0 Å². The summed E-state index contributed by atoms with van der Waals surface area (Å²) in [6.45, 7) is 2.26. The summed E-state index contributed by atoms with van der Waals surface area (Å²) in [6.07, 6.45) is -0.849. The molecule has 0 aromatic heterocycles. The highest BCUT2D eigenvalue weighted by Gasteiger charge is 2.20. The minimum atomic E-state index is -1.22. The third-order valence-corrected chi connectivity index (χ3v) is 2.57. The number of rotatable bonds is 16. The van der Waals surface area contributed by atoms with Crippen LogP contribution in [0, 0.1) is 0 Å². The molecule has 0 heterocycles. The van der Waals surface area contributed by atoms with E-state index >= 15 is 0 Å². The van der Waals surface area contributed by atoms with Crippen molar-refractivity contribution in [3.8, 4) is 0 Å². The number of hydrogen-bond acceptors (Lipinski definition) is 8. The highest BCUT2D eigenvalue weighted by Crippen LogP contribution is 1.91. The number of methoxy groups -OCH3 is 2. The van der Waals surface area contributed by atoms with Crippen LogP contribution in [0.15, 0.2) is 0 Å². The van der Waals surface area contributed by atoms with E-state index in [4.69, 9.17) is 33.5 Å². The number of carbonyl (C=O) groups excluding carboxylic acids is 1. The summed E-state index contributed by atoms with van der Waals surface area (Å²) in [5.74, 6) is -1.22. The average Bonchev–Trinajstić information content (AvgIpc) is 2.56. The van der Waals surface area contributed by atoms with Gasteiger partial charge in [-0.1, -0.05) is 0 Å². The van der Waals surface area contributed by atoms with Crippen LogP contribution in [0.5, 0.6) is 0 Å². The first-order valence-corrected chi connectivity index (χ1v) is 7.49. The van der Waals surface area contributed by atoms with Crippen molar-refractivity contribution in [2.75, 3.05) is 73.7 Å². The van der Waals surface area contributed by atoms with E-state index in [1.54, 1.807) is 14.2 Å². The molecule has 1 atom stereocenters. The number of ether oxygens (including phenoxy) is 6. The van der Waals surface area contributed by atoms with Crippen molar-refractivity contribution in [1.29, 1.82) is 0 Å². The molecule has 1 amide bonds. The third-order valence-electron chi connectivity index (χ3n) is 2.57. The standard InChI is InChI=1S/C14H27NO9/c1-19-3-5-21-7-8-23-11-12(13(16)17)15-14(18)24-10-9-22-6-4-20-2/h12H,3-11H2,1-2H3,(H,15,18)(H,16,17)/t12-/m0/s1. The van der Waals surface area contributed by atoms with Gasteiger partial charge in [-0.05, 0) is 0 Å². The lowest BCUT2D eigenvalue weighted by molar-refractivity contribution is -0.141. The Morgan fingerprint density at radius 2 is 1.33 bits per heavy atom. The van der Waals surface area contributed by atoms with Crippen molar-refractivity contribution >= 4 is 12.1 Å². The van der Waals surface area contributed by atoms with Gasteiger partial charge in [0.05, 0.1) is 52.9 Å². The number of aliphatic carboxylic acids is 1. The fourth-order valence-electron chi connectivity index (χ4n) is 1.36. The van der Waals surface area contributed by atoms with Crippen molar-refractivity contribution < 1.29 is 43.1 Å². The SMILES string of the molecule is COCCOCCOC[C@H](NC(=O)OCCOCCOC)C(=O)O. The molecule has 0 rings (SSSR count). The van der Waals surface area contributed by atoms with Crippen LogP contribution in [0.2, 0.25) is 0 Å². The third kappa shape index (κ3) is 14.2. The largest absolute Gasteiger partial charge is 0.480 e. The van der Waals surface area contributed by atoms with Crippen molar-refractivity contribution in [2.24, 2.45) is 0 Å². The van der Waals surface area contributed by atoms with Crippen LogP contribution < -0.4 is 5.32 Å². The zero-order chi connectivity index (χ0) is 18.0. The molecule has 0 fully saturated rings. The molecule has 0 radical (unpaired) electrons. The Hall–Kier alpha value is -1.46. The fourth-order valence-corrected chi connectivity index (χ4v) is 1.36. The molecule has 2 N–H and O–H groups in total. The van der Waals surface area contributed by atoms with Gasteiger partial charge < -0.3 is 38.8 Å². The lowest BCUT2D eigenvalue weighted by Gasteiger charge is -2.15. The summed E-state index contributed by atoms with van der Waals surface area (Å²) in [4.78, 5) is 22.5. The van der Waals surface area contributed by atoms with Crippen molar-refractivity contribution in [2.45, 2.75) is 6.04 Å². The fraction of sp³-hybridized carbons (Fsp3) is 0.857. The van der Waals surface area contributed by atoms with E-state index in [9.17, 15) is 9.59 Å². The van der Waals surface area contributed by atoms with E-state index in [-0.39, 0.29) is 26.4 Å². The summed E-state index contributed by atoms with van der Waals surface area (Å²) in [7, 11) is 3.11. The molecular weight excluding hydrogens is 326 g/mol. The maximum absolute atomic E-state index is 11.5. The number of alkyl carbamates (subject to hydrolysis) is 1. The van der Waals surface area contributed by atoms with Crippen LogP contribution in [-0.4, -0.2) is 96.9 Å². The van der Waals surface area contributed by atoms with Crippen molar-refractivity contribution in [1.82, 2.24) is 5.32 Å². The monoisotopic (exact) mass is 353 g/mol. The summed E-state index contributed by atoms with van der Waals surface area (Å²) in [6, 6.07) is -1.20. The van der Waals surface area contributed by atoms with E-state index in [0.717, 1.165) is 0 Å². The molecule has 0 unspecified atom stereocenters. The lowest BCUT2D eigenvalue weighted by Crippen LogP contribution is -2.44. The molecule has 24 heavy (non-hydrogen) atoms. The molecule has 0 saturated carbocycles. The zero-order valence-corrected chi connectivity index (χ0v) is 14.2. The molecule has 0 aliphatic rings. The van der Waals surface area contributed by atoms with E-state index in [1.807, 2.05) is 0 Å². The number of amides is 1. The van der Waals surface area contributed by atoms with Gasteiger partial charge in [0.25, 0.3) is 0 Å². The van der Waals surface area contributed by atoms with E-state index in [2.05, 4.69) is 5.32 Å².